The Morgan fingerprint density at radius 2 is 1.71 bits per heavy atom. The second-order valence-corrected chi connectivity index (χ2v) is 13.3. The van der Waals surface area contributed by atoms with Gasteiger partial charge in [-0.05, 0) is 86.2 Å². The number of halogens is 3. The summed E-state index contributed by atoms with van der Waals surface area (Å²) in [6.45, 7) is 5.97. The third-order valence-corrected chi connectivity index (χ3v) is 10.3. The fraction of sp³-hybridized carbons (Fsp3) is 0.429. The molecule has 2 unspecified atom stereocenters. The average molecular weight is 654 g/mol. The van der Waals surface area contributed by atoms with Gasteiger partial charge in [-0.25, -0.2) is 9.18 Å². The minimum absolute atomic E-state index is 0.0285. The van der Waals surface area contributed by atoms with E-state index in [1.807, 2.05) is 6.07 Å². The van der Waals surface area contributed by atoms with Crippen LogP contribution in [0.25, 0.3) is 0 Å². The normalized spacial score (nSPS) is 19.3. The number of rotatable bonds is 8. The van der Waals surface area contributed by atoms with Crippen LogP contribution >= 0.6 is 23.2 Å². The molecule has 2 fully saturated rings. The molecule has 2 amide bonds. The second-order valence-electron chi connectivity index (χ2n) is 12.5. The molecule has 3 aliphatic heterocycles. The fourth-order valence-electron chi connectivity index (χ4n) is 6.97. The topological polar surface area (TPSA) is 73.9 Å². The van der Waals surface area contributed by atoms with E-state index in [1.165, 1.54) is 37.1 Å². The zero-order chi connectivity index (χ0) is 31.6. The lowest BCUT2D eigenvalue weighted by Crippen LogP contribution is -2.50. The number of fused-ring (bicyclic) bond motifs is 2. The van der Waals surface area contributed by atoms with E-state index >= 15 is 0 Å². The predicted molar refractivity (Wildman–Crippen MR) is 177 cm³/mol. The maximum Gasteiger partial charge on any atom is 0.412 e. The summed E-state index contributed by atoms with van der Waals surface area (Å²) in [5.74, 6) is -0.896. The molecule has 1 spiro atoms. The molecular weight excluding hydrogens is 614 g/mol. The smallest absolute Gasteiger partial charge is 0.412 e. The van der Waals surface area contributed by atoms with E-state index in [9.17, 15) is 14.0 Å². The molecule has 0 radical (unpaired) electrons. The van der Waals surface area contributed by atoms with Crippen LogP contribution in [0.5, 0.6) is 0 Å². The van der Waals surface area contributed by atoms with Crippen LogP contribution < -0.4 is 15.5 Å². The monoisotopic (exact) mass is 652 g/mol. The first-order chi connectivity index (χ1) is 21.7. The lowest BCUT2D eigenvalue weighted by atomic mass is 9.81. The Morgan fingerprint density at radius 3 is 2.42 bits per heavy atom. The zero-order valence-corrected chi connectivity index (χ0v) is 27.0. The first-order valence-electron chi connectivity index (χ1n) is 15.8. The number of carbonyl (C=O) groups is 2. The largest absolute Gasteiger partial charge is 0.438 e. The number of amides is 2. The molecule has 0 bridgehead atoms. The van der Waals surface area contributed by atoms with Gasteiger partial charge < -0.3 is 19.9 Å². The summed E-state index contributed by atoms with van der Waals surface area (Å²) in [7, 11) is 0. The molecule has 10 heteroatoms. The zero-order valence-electron chi connectivity index (χ0n) is 25.5. The molecule has 3 aromatic carbocycles. The summed E-state index contributed by atoms with van der Waals surface area (Å²) in [6, 6.07) is 18.2. The van der Waals surface area contributed by atoms with Crippen molar-refractivity contribution in [3.05, 3.63) is 93.2 Å². The van der Waals surface area contributed by atoms with Crippen LogP contribution in [0.2, 0.25) is 10.0 Å². The number of likely N-dealkylation sites (tertiary alicyclic amines) is 1. The maximum atomic E-state index is 14.2. The summed E-state index contributed by atoms with van der Waals surface area (Å²) >= 11 is 12.6. The van der Waals surface area contributed by atoms with Crippen LogP contribution in [0.15, 0.2) is 60.7 Å². The molecule has 2 N–H and O–H groups in total. The van der Waals surface area contributed by atoms with Crippen molar-refractivity contribution in [3.8, 4) is 0 Å². The highest BCUT2D eigenvalue weighted by atomic mass is 35.5. The number of hydrogen-bond donors (Lipinski definition) is 2. The Hall–Kier alpha value is -3.33. The molecule has 0 aromatic heterocycles. The summed E-state index contributed by atoms with van der Waals surface area (Å²) in [6.07, 6.45) is 4.83. The molecule has 3 heterocycles. The molecular formula is C35H39Cl2FN4O3. The molecule has 7 nitrogen and oxygen atoms in total. The first kappa shape index (κ1) is 31.6. The van der Waals surface area contributed by atoms with Crippen molar-refractivity contribution in [2.45, 2.75) is 69.6 Å². The van der Waals surface area contributed by atoms with Crippen molar-refractivity contribution in [2.24, 2.45) is 0 Å². The van der Waals surface area contributed by atoms with Crippen LogP contribution in [-0.2, 0) is 21.7 Å². The highest BCUT2D eigenvalue weighted by Gasteiger charge is 2.45. The van der Waals surface area contributed by atoms with Gasteiger partial charge in [-0.1, -0.05) is 41.4 Å². The highest BCUT2D eigenvalue weighted by molar-refractivity contribution is 6.42. The van der Waals surface area contributed by atoms with Crippen LogP contribution in [0.4, 0.5) is 20.6 Å². The highest BCUT2D eigenvalue weighted by Crippen LogP contribution is 2.44. The molecule has 0 aliphatic carbocycles. The predicted octanol–water partition coefficient (Wildman–Crippen LogP) is 7.85. The number of nitrogens with one attached hydrogen (secondary N) is 2. The Labute approximate surface area is 274 Å². The molecule has 0 saturated carbocycles. The number of hydrogen-bond acceptors (Lipinski definition) is 5. The van der Waals surface area contributed by atoms with E-state index in [1.54, 1.807) is 18.2 Å². The molecule has 45 heavy (non-hydrogen) atoms. The van der Waals surface area contributed by atoms with Gasteiger partial charge in [0.2, 0.25) is 5.91 Å². The number of piperidine rings is 2. The minimum Gasteiger partial charge on any atom is -0.438 e. The van der Waals surface area contributed by atoms with Crippen molar-refractivity contribution in [1.82, 2.24) is 10.2 Å². The van der Waals surface area contributed by atoms with E-state index in [4.69, 9.17) is 27.9 Å². The number of nitrogens with zero attached hydrogens (tertiary/aromatic N) is 2. The molecule has 2 atom stereocenters. The lowest BCUT2D eigenvalue weighted by molar-refractivity contribution is -0.123. The van der Waals surface area contributed by atoms with E-state index in [2.05, 4.69) is 51.6 Å². The SMILES string of the molecule is CC(CC(C(=O)NCc1ccc(N2CCCCC2)cc1)c1ccc(Cl)c(Cl)c1)N1CCC2(CC1)OC(=O)Nc1ccc(F)cc12. The van der Waals surface area contributed by atoms with Gasteiger partial charge in [0.05, 0.1) is 21.7 Å². The summed E-state index contributed by atoms with van der Waals surface area (Å²) in [4.78, 5) is 30.9. The third-order valence-electron chi connectivity index (χ3n) is 9.59. The lowest BCUT2D eigenvalue weighted by Gasteiger charge is -2.46. The van der Waals surface area contributed by atoms with Gasteiger partial charge in [0.25, 0.3) is 0 Å². The Morgan fingerprint density at radius 1 is 0.978 bits per heavy atom. The van der Waals surface area contributed by atoms with E-state index in [0.29, 0.717) is 60.2 Å². The van der Waals surface area contributed by atoms with Gasteiger partial charge in [-0.15, -0.1) is 0 Å². The van der Waals surface area contributed by atoms with Crippen molar-refractivity contribution >= 4 is 46.6 Å². The molecule has 6 rings (SSSR count). The van der Waals surface area contributed by atoms with Crippen molar-refractivity contribution in [3.63, 3.8) is 0 Å². The quantitative estimate of drug-likeness (QED) is 0.259. The van der Waals surface area contributed by atoms with Gasteiger partial charge in [-0.3, -0.25) is 10.1 Å². The van der Waals surface area contributed by atoms with Crippen molar-refractivity contribution < 1.29 is 18.7 Å². The summed E-state index contributed by atoms with van der Waals surface area (Å²) < 4.78 is 20.0. The number of ether oxygens (including phenoxy) is 1. The minimum atomic E-state index is -0.875. The third kappa shape index (κ3) is 7.08. The van der Waals surface area contributed by atoms with Gasteiger partial charge in [0.1, 0.15) is 11.4 Å². The van der Waals surface area contributed by atoms with Gasteiger partial charge in [0, 0.05) is 62.9 Å². The molecule has 3 aromatic rings. The number of benzene rings is 3. The average Bonchev–Trinajstić information content (AvgIpc) is 3.05. The second kappa shape index (κ2) is 13.6. The van der Waals surface area contributed by atoms with Crippen LogP contribution in [-0.4, -0.2) is 49.1 Å². The van der Waals surface area contributed by atoms with Gasteiger partial charge in [-0.2, -0.15) is 0 Å². The van der Waals surface area contributed by atoms with Crippen LogP contribution in [0.3, 0.4) is 0 Å². The Balaban J connectivity index is 1.13. The maximum absolute atomic E-state index is 14.2. The summed E-state index contributed by atoms with van der Waals surface area (Å²) in [5.41, 5.74) is 3.46. The summed E-state index contributed by atoms with van der Waals surface area (Å²) in [5, 5.41) is 6.70. The molecule has 2 saturated heterocycles. The van der Waals surface area contributed by atoms with Gasteiger partial charge >= 0.3 is 6.09 Å². The van der Waals surface area contributed by atoms with E-state index in [-0.39, 0.29) is 17.8 Å². The Kier molecular flexibility index (Phi) is 9.54. The van der Waals surface area contributed by atoms with Crippen LogP contribution in [0.1, 0.15) is 68.1 Å². The van der Waals surface area contributed by atoms with Crippen molar-refractivity contribution in [1.29, 1.82) is 0 Å². The van der Waals surface area contributed by atoms with Crippen molar-refractivity contribution in [2.75, 3.05) is 36.4 Å². The Bertz CT molecular complexity index is 1540. The van der Waals surface area contributed by atoms with E-state index < -0.39 is 17.6 Å². The molecule has 3 aliphatic rings. The first-order valence-corrected chi connectivity index (χ1v) is 16.6. The standard InChI is InChI=1S/C35H39Cl2FN4O3/c1-23(41-17-13-35(14-18-41)29-21-26(38)8-12-32(29)40-34(44)45-35)19-28(25-7-11-30(36)31(37)20-25)33(43)39-22-24-5-9-27(10-6-24)42-15-3-2-4-16-42/h5-12,20-21,23,28H,2-4,13-19,22H2,1H3,(H,39,43)(H,40,44). The number of anilines is 2. The molecule has 238 valence electrons. The number of carbonyl (C=O) groups excluding carboxylic acids is 2. The van der Waals surface area contributed by atoms with Gasteiger partial charge in [0.15, 0.2) is 0 Å². The van der Waals surface area contributed by atoms with Crippen LogP contribution in [0, 0.1) is 5.82 Å². The fourth-order valence-corrected chi connectivity index (χ4v) is 7.28. The van der Waals surface area contributed by atoms with E-state index in [0.717, 1.165) is 24.2 Å².